The van der Waals surface area contributed by atoms with E-state index < -0.39 is 6.09 Å². The van der Waals surface area contributed by atoms with Crippen molar-refractivity contribution in [1.82, 2.24) is 5.48 Å². The van der Waals surface area contributed by atoms with Gasteiger partial charge >= 0.3 is 6.09 Å². The molecular weight excluding hydrogens is 194 g/mol. The Morgan fingerprint density at radius 1 is 1.33 bits per heavy atom. The van der Waals surface area contributed by atoms with Gasteiger partial charge in [-0.1, -0.05) is 37.3 Å². The van der Waals surface area contributed by atoms with E-state index >= 15 is 0 Å². The van der Waals surface area contributed by atoms with Crippen molar-refractivity contribution in [1.29, 1.82) is 0 Å². The largest absolute Gasteiger partial charge is 0.443 e. The molecule has 0 atom stereocenters. The molecule has 0 fully saturated rings. The van der Waals surface area contributed by atoms with Crippen LogP contribution in [0.25, 0.3) is 0 Å². The van der Waals surface area contributed by atoms with Crippen LogP contribution in [0.4, 0.5) is 4.79 Å². The number of hydrogen-bond donors (Lipinski definition) is 1. The first kappa shape index (κ1) is 11.5. The van der Waals surface area contributed by atoms with Gasteiger partial charge in [-0.05, 0) is 12.0 Å². The van der Waals surface area contributed by atoms with E-state index in [9.17, 15) is 4.79 Å². The molecule has 0 radical (unpaired) electrons. The van der Waals surface area contributed by atoms with E-state index in [2.05, 4.69) is 5.48 Å². The second-order valence-electron chi connectivity index (χ2n) is 3.01. The molecule has 0 saturated carbocycles. The van der Waals surface area contributed by atoms with E-state index in [1.54, 1.807) is 0 Å². The summed E-state index contributed by atoms with van der Waals surface area (Å²) in [4.78, 5) is 15.8. The molecule has 0 spiro atoms. The predicted octanol–water partition coefficient (Wildman–Crippen LogP) is 2.25. The molecule has 1 rings (SSSR count). The zero-order valence-corrected chi connectivity index (χ0v) is 8.73. The van der Waals surface area contributed by atoms with Crippen molar-refractivity contribution in [3.63, 3.8) is 0 Å². The van der Waals surface area contributed by atoms with Crippen LogP contribution in [-0.4, -0.2) is 12.7 Å². The molecule has 0 aliphatic carbocycles. The van der Waals surface area contributed by atoms with Crippen molar-refractivity contribution in [2.75, 3.05) is 6.61 Å². The van der Waals surface area contributed by atoms with E-state index in [1.165, 1.54) is 0 Å². The zero-order chi connectivity index (χ0) is 10.9. The average Bonchev–Trinajstić information content (AvgIpc) is 2.28. The molecule has 0 aliphatic rings. The van der Waals surface area contributed by atoms with Crippen LogP contribution in [0.1, 0.15) is 18.9 Å². The monoisotopic (exact) mass is 209 g/mol. The highest BCUT2D eigenvalue weighted by molar-refractivity contribution is 5.65. The van der Waals surface area contributed by atoms with Crippen LogP contribution in [0.3, 0.4) is 0 Å². The Kier molecular flexibility index (Phi) is 5.25. The molecular formula is C11H15NO3. The topological polar surface area (TPSA) is 47.6 Å². The van der Waals surface area contributed by atoms with E-state index in [0.717, 1.165) is 12.0 Å². The molecule has 0 bridgehead atoms. The van der Waals surface area contributed by atoms with Gasteiger partial charge in [-0.15, -0.1) is 0 Å². The third kappa shape index (κ3) is 5.02. The number of carbonyl (C=O) groups is 1. The fraction of sp³-hybridized carbons (Fsp3) is 0.364. The first-order valence-electron chi connectivity index (χ1n) is 4.91. The predicted molar refractivity (Wildman–Crippen MR) is 56.0 cm³/mol. The summed E-state index contributed by atoms with van der Waals surface area (Å²) in [6.45, 7) is 2.69. The summed E-state index contributed by atoms with van der Waals surface area (Å²) < 4.78 is 4.90. The molecule has 1 N–H and O–H groups in total. The van der Waals surface area contributed by atoms with Gasteiger partial charge in [0.15, 0.2) is 0 Å². The maximum Gasteiger partial charge on any atom is 0.431 e. The molecule has 0 aliphatic heterocycles. The fourth-order valence-corrected chi connectivity index (χ4v) is 0.965. The van der Waals surface area contributed by atoms with Crippen LogP contribution in [0, 0.1) is 0 Å². The first-order valence-corrected chi connectivity index (χ1v) is 4.91. The number of nitrogens with one attached hydrogen (secondary N) is 1. The number of carbonyl (C=O) groups excluding carboxylic acids is 1. The summed E-state index contributed by atoms with van der Waals surface area (Å²) >= 11 is 0. The van der Waals surface area contributed by atoms with Crippen molar-refractivity contribution in [2.24, 2.45) is 0 Å². The summed E-state index contributed by atoms with van der Waals surface area (Å²) in [7, 11) is 0. The number of benzene rings is 1. The lowest BCUT2D eigenvalue weighted by Crippen LogP contribution is -2.24. The minimum Gasteiger partial charge on any atom is -0.443 e. The van der Waals surface area contributed by atoms with Gasteiger partial charge in [0, 0.05) is 0 Å². The summed E-state index contributed by atoms with van der Waals surface area (Å²) in [6, 6.07) is 9.47. The number of hydroxylamine groups is 1. The quantitative estimate of drug-likeness (QED) is 0.597. The summed E-state index contributed by atoms with van der Waals surface area (Å²) in [5.74, 6) is 0. The van der Waals surface area contributed by atoms with Crippen molar-refractivity contribution in [3.8, 4) is 0 Å². The molecule has 0 saturated heterocycles. The van der Waals surface area contributed by atoms with Gasteiger partial charge < -0.3 is 4.74 Å². The van der Waals surface area contributed by atoms with Crippen LogP contribution in [-0.2, 0) is 16.2 Å². The smallest absolute Gasteiger partial charge is 0.431 e. The van der Waals surface area contributed by atoms with Crippen LogP contribution in [0.2, 0.25) is 0 Å². The Hall–Kier alpha value is -1.55. The van der Waals surface area contributed by atoms with Gasteiger partial charge in [0.25, 0.3) is 0 Å². The normalized spacial score (nSPS) is 9.67. The first-order chi connectivity index (χ1) is 7.33. The van der Waals surface area contributed by atoms with Crippen molar-refractivity contribution in [2.45, 2.75) is 20.0 Å². The number of ether oxygens (including phenoxy) is 1. The molecule has 0 unspecified atom stereocenters. The lowest BCUT2D eigenvalue weighted by atomic mass is 10.2. The average molecular weight is 209 g/mol. The van der Waals surface area contributed by atoms with E-state index in [1.807, 2.05) is 37.3 Å². The summed E-state index contributed by atoms with van der Waals surface area (Å²) in [5.41, 5.74) is 3.14. The Bertz CT molecular complexity index is 287. The van der Waals surface area contributed by atoms with Gasteiger partial charge in [-0.2, -0.15) is 5.48 Å². The van der Waals surface area contributed by atoms with Gasteiger partial charge in [0.05, 0.1) is 6.61 Å². The molecule has 0 heterocycles. The maximum absolute atomic E-state index is 11.0. The highest BCUT2D eigenvalue weighted by atomic mass is 16.7. The van der Waals surface area contributed by atoms with Crippen LogP contribution in [0.5, 0.6) is 0 Å². The minimum atomic E-state index is -0.563. The van der Waals surface area contributed by atoms with E-state index in [0.29, 0.717) is 6.61 Å². The van der Waals surface area contributed by atoms with Crippen LogP contribution < -0.4 is 5.48 Å². The second-order valence-corrected chi connectivity index (χ2v) is 3.01. The molecule has 0 aromatic heterocycles. The lowest BCUT2D eigenvalue weighted by Gasteiger charge is -2.06. The highest BCUT2D eigenvalue weighted by Gasteiger charge is 2.01. The number of amides is 1. The number of hydrogen-bond acceptors (Lipinski definition) is 3. The summed E-state index contributed by atoms with van der Waals surface area (Å²) in [5, 5.41) is 0. The minimum absolute atomic E-state index is 0.252. The molecule has 4 nitrogen and oxygen atoms in total. The van der Waals surface area contributed by atoms with Crippen LogP contribution >= 0.6 is 0 Å². The Morgan fingerprint density at radius 2 is 2.07 bits per heavy atom. The summed E-state index contributed by atoms with van der Waals surface area (Å²) in [6.07, 6.45) is 0.284. The van der Waals surface area contributed by atoms with Crippen LogP contribution in [0.15, 0.2) is 30.3 Å². The fourth-order valence-electron chi connectivity index (χ4n) is 0.965. The van der Waals surface area contributed by atoms with E-state index in [-0.39, 0.29) is 6.61 Å². The molecule has 1 amide bonds. The molecule has 1 aromatic rings. The maximum atomic E-state index is 11.0. The molecule has 15 heavy (non-hydrogen) atoms. The SMILES string of the molecule is CCCONC(=O)OCc1ccccc1. The highest BCUT2D eigenvalue weighted by Crippen LogP contribution is 2.00. The van der Waals surface area contributed by atoms with Crippen molar-refractivity contribution in [3.05, 3.63) is 35.9 Å². The van der Waals surface area contributed by atoms with Gasteiger partial charge in [0.1, 0.15) is 6.61 Å². The third-order valence-corrected chi connectivity index (χ3v) is 1.67. The Labute approximate surface area is 89.1 Å². The lowest BCUT2D eigenvalue weighted by molar-refractivity contribution is 0.0257. The molecule has 1 aromatic carbocycles. The zero-order valence-electron chi connectivity index (χ0n) is 8.73. The Morgan fingerprint density at radius 3 is 2.73 bits per heavy atom. The van der Waals surface area contributed by atoms with Gasteiger partial charge in [0.2, 0.25) is 0 Å². The van der Waals surface area contributed by atoms with Gasteiger partial charge in [-0.25, -0.2) is 4.79 Å². The standard InChI is InChI=1S/C11H15NO3/c1-2-8-15-12-11(13)14-9-10-6-4-3-5-7-10/h3-7H,2,8-9H2,1H3,(H,12,13). The van der Waals surface area contributed by atoms with Crippen molar-refractivity contribution < 1.29 is 14.4 Å². The van der Waals surface area contributed by atoms with Gasteiger partial charge in [-0.3, -0.25) is 4.84 Å². The van der Waals surface area contributed by atoms with E-state index in [4.69, 9.17) is 9.57 Å². The molecule has 4 heteroatoms. The molecule has 82 valence electrons. The second kappa shape index (κ2) is 6.84. The number of rotatable bonds is 5. The van der Waals surface area contributed by atoms with Crippen molar-refractivity contribution >= 4 is 6.09 Å². The third-order valence-electron chi connectivity index (χ3n) is 1.67. The Balaban J connectivity index is 2.17.